The average Bonchev–Trinajstić information content (AvgIpc) is 3.47. The predicted octanol–water partition coefficient (Wildman–Crippen LogP) is 3.57. The number of hydrogen-bond donors (Lipinski definition) is 1. The van der Waals surface area contributed by atoms with Crippen molar-refractivity contribution in [3.05, 3.63) is 45.9 Å². The number of thioether (sulfide) groups is 1. The maximum Gasteiger partial charge on any atom is 0.183 e. The van der Waals surface area contributed by atoms with Crippen molar-refractivity contribution in [2.45, 2.75) is 30.0 Å². The molecule has 0 radical (unpaired) electrons. The van der Waals surface area contributed by atoms with Crippen LogP contribution in [0.25, 0.3) is 10.9 Å². The normalized spacial score (nSPS) is 23.0. The number of aryl methyl sites for hydroxylation is 1. The second-order valence-corrected chi connectivity index (χ2v) is 9.47. The lowest BCUT2D eigenvalue weighted by Gasteiger charge is -2.25. The first-order chi connectivity index (χ1) is 14.1. The lowest BCUT2D eigenvalue weighted by Crippen LogP contribution is -2.36. The molecule has 5 rings (SSSR count). The first-order valence-corrected chi connectivity index (χ1v) is 11.3. The van der Waals surface area contributed by atoms with Gasteiger partial charge in [-0.05, 0) is 37.3 Å². The van der Waals surface area contributed by atoms with E-state index in [1.165, 1.54) is 11.8 Å². The number of methoxy groups -OCH3 is 1. The largest absolute Gasteiger partial charge is 0.497 e. The second kappa shape index (κ2) is 7.36. The van der Waals surface area contributed by atoms with Crippen molar-refractivity contribution in [2.24, 2.45) is 0 Å². The number of benzene rings is 1. The lowest BCUT2D eigenvalue weighted by molar-refractivity contribution is -0.00683. The Morgan fingerprint density at radius 3 is 3.00 bits per heavy atom. The lowest BCUT2D eigenvalue weighted by atomic mass is 10.0. The molecular weight excluding hydrogens is 406 g/mol. The minimum Gasteiger partial charge on any atom is -0.497 e. The Bertz CT molecular complexity index is 1090. The highest BCUT2D eigenvalue weighted by molar-refractivity contribution is 8.00. The molecule has 8 heteroatoms. The summed E-state index contributed by atoms with van der Waals surface area (Å²) in [6.07, 6.45) is 0.990. The van der Waals surface area contributed by atoms with Crippen LogP contribution in [0.4, 0.5) is 0 Å². The third-order valence-electron chi connectivity index (χ3n) is 5.46. The van der Waals surface area contributed by atoms with Crippen molar-refractivity contribution in [3.8, 4) is 5.75 Å². The second-order valence-electron chi connectivity index (χ2n) is 7.42. The number of morpholine rings is 1. The summed E-state index contributed by atoms with van der Waals surface area (Å²) in [5, 5.41) is 5.19. The van der Waals surface area contributed by atoms with Crippen LogP contribution in [-0.2, 0) is 10.3 Å². The Morgan fingerprint density at radius 2 is 2.28 bits per heavy atom. The molecule has 150 valence electrons. The fraction of sp³-hybridized carbons (Fsp3) is 0.381. The minimum atomic E-state index is -0.239. The summed E-state index contributed by atoms with van der Waals surface area (Å²) in [7, 11) is 1.64. The molecule has 1 aromatic carbocycles. The molecule has 3 aromatic rings. The van der Waals surface area contributed by atoms with E-state index in [9.17, 15) is 4.79 Å². The zero-order valence-corrected chi connectivity index (χ0v) is 17.9. The van der Waals surface area contributed by atoms with Gasteiger partial charge in [0.15, 0.2) is 5.78 Å². The van der Waals surface area contributed by atoms with Crippen LogP contribution in [0.5, 0.6) is 5.75 Å². The van der Waals surface area contributed by atoms with Gasteiger partial charge in [0.05, 0.1) is 29.9 Å². The molecule has 0 unspecified atom stereocenters. The number of nitrogens with one attached hydrogen (secondary N) is 1. The van der Waals surface area contributed by atoms with Gasteiger partial charge in [0.25, 0.3) is 0 Å². The molecule has 2 aromatic heterocycles. The summed E-state index contributed by atoms with van der Waals surface area (Å²) in [5.74, 6) is 1.88. The third kappa shape index (κ3) is 3.44. The minimum absolute atomic E-state index is 0.107. The van der Waals surface area contributed by atoms with Gasteiger partial charge in [-0.25, -0.2) is 9.97 Å². The van der Waals surface area contributed by atoms with Crippen molar-refractivity contribution >= 4 is 39.8 Å². The molecule has 2 fully saturated rings. The highest BCUT2D eigenvalue weighted by Crippen LogP contribution is 2.43. The van der Waals surface area contributed by atoms with E-state index < -0.39 is 0 Å². The summed E-state index contributed by atoms with van der Waals surface area (Å²) in [6, 6.07) is 10.1. The SMILES string of the molecule is COc1ccc2nc(C)nc(SCC(=O)c3ccc([C@]45CN[C@H](CO4)C5)s3)c2c1. The van der Waals surface area contributed by atoms with Crippen LogP contribution in [0.2, 0.25) is 0 Å². The standard InChI is InChI=1S/C21H21N3O3S2/c1-12-23-16-4-3-14(26-2)7-15(16)20(24-12)28-10-17(25)18-5-6-19(29-18)21-8-13(9-27-21)22-11-21/h3-7,13,22H,8-11H2,1-2H3/t13-,21-/m0/s1. The molecule has 2 atom stereocenters. The maximum absolute atomic E-state index is 12.9. The summed E-state index contributed by atoms with van der Waals surface area (Å²) >= 11 is 3.00. The highest BCUT2D eigenvalue weighted by Gasteiger charge is 2.48. The molecule has 0 aliphatic carbocycles. The number of fused-ring (bicyclic) bond motifs is 3. The number of rotatable bonds is 6. The highest BCUT2D eigenvalue weighted by atomic mass is 32.2. The number of carbonyl (C=O) groups is 1. The Kier molecular flexibility index (Phi) is 4.82. The Labute approximate surface area is 177 Å². The van der Waals surface area contributed by atoms with Gasteiger partial charge in [0.1, 0.15) is 22.2 Å². The third-order valence-corrected chi connectivity index (χ3v) is 7.77. The van der Waals surface area contributed by atoms with Gasteiger partial charge < -0.3 is 14.8 Å². The zero-order valence-electron chi connectivity index (χ0n) is 16.2. The van der Waals surface area contributed by atoms with Crippen LogP contribution in [-0.4, -0.2) is 47.8 Å². The number of aromatic nitrogens is 2. The summed E-state index contributed by atoms with van der Waals surface area (Å²) < 4.78 is 11.4. The van der Waals surface area contributed by atoms with Gasteiger partial charge in [0.2, 0.25) is 0 Å². The molecule has 1 N–H and O–H groups in total. The quantitative estimate of drug-likeness (QED) is 0.366. The van der Waals surface area contributed by atoms with Gasteiger partial charge in [-0.1, -0.05) is 11.8 Å². The topological polar surface area (TPSA) is 73.3 Å². The molecule has 4 heterocycles. The zero-order chi connectivity index (χ0) is 20.0. The van der Waals surface area contributed by atoms with E-state index in [1.807, 2.05) is 37.3 Å². The molecule has 6 nitrogen and oxygen atoms in total. The van der Waals surface area contributed by atoms with Gasteiger partial charge in [-0.3, -0.25) is 4.79 Å². The number of ketones is 1. The summed E-state index contributed by atoms with van der Waals surface area (Å²) in [6.45, 7) is 3.44. The van der Waals surface area contributed by atoms with Crippen molar-refractivity contribution in [3.63, 3.8) is 0 Å². The Balaban J connectivity index is 1.35. The number of carbonyl (C=O) groups excluding carboxylic acids is 1. The van der Waals surface area contributed by atoms with Crippen LogP contribution >= 0.6 is 23.1 Å². The first-order valence-electron chi connectivity index (χ1n) is 9.52. The fourth-order valence-electron chi connectivity index (χ4n) is 3.96. The van der Waals surface area contributed by atoms with E-state index in [0.29, 0.717) is 17.6 Å². The number of Topliss-reactive ketones (excluding diaryl/α,β-unsaturated/α-hetero) is 1. The molecule has 29 heavy (non-hydrogen) atoms. The van der Waals surface area contributed by atoms with Crippen molar-refractivity contribution in [2.75, 3.05) is 26.0 Å². The van der Waals surface area contributed by atoms with Crippen LogP contribution in [0, 0.1) is 6.92 Å². The van der Waals surface area contributed by atoms with Crippen LogP contribution < -0.4 is 10.1 Å². The van der Waals surface area contributed by atoms with Gasteiger partial charge in [-0.2, -0.15) is 0 Å². The van der Waals surface area contributed by atoms with E-state index in [1.54, 1.807) is 18.4 Å². The van der Waals surface area contributed by atoms with Gasteiger partial charge in [0, 0.05) is 29.3 Å². The van der Waals surface area contributed by atoms with Gasteiger partial charge >= 0.3 is 0 Å². The molecule has 2 aliphatic rings. The van der Waals surface area contributed by atoms with E-state index in [0.717, 1.165) is 51.0 Å². The number of nitrogens with zero attached hydrogens (tertiary/aromatic N) is 2. The maximum atomic E-state index is 12.9. The smallest absolute Gasteiger partial charge is 0.183 e. The van der Waals surface area contributed by atoms with Crippen molar-refractivity contribution in [1.82, 2.24) is 15.3 Å². The van der Waals surface area contributed by atoms with E-state index >= 15 is 0 Å². The Hall–Kier alpha value is -2.00. The van der Waals surface area contributed by atoms with Crippen LogP contribution in [0.1, 0.15) is 26.8 Å². The van der Waals surface area contributed by atoms with Crippen molar-refractivity contribution in [1.29, 1.82) is 0 Å². The number of hydrogen-bond acceptors (Lipinski definition) is 8. The van der Waals surface area contributed by atoms with Crippen LogP contribution in [0.15, 0.2) is 35.4 Å². The predicted molar refractivity (Wildman–Crippen MR) is 114 cm³/mol. The molecular formula is C21H21N3O3S2. The average molecular weight is 428 g/mol. The molecule has 0 amide bonds. The first kappa shape index (κ1) is 19.0. The van der Waals surface area contributed by atoms with Gasteiger partial charge in [-0.15, -0.1) is 11.3 Å². The monoisotopic (exact) mass is 427 g/mol. The molecule has 2 saturated heterocycles. The summed E-state index contributed by atoms with van der Waals surface area (Å²) in [5.41, 5.74) is 0.616. The van der Waals surface area contributed by atoms with Crippen LogP contribution in [0.3, 0.4) is 0 Å². The Morgan fingerprint density at radius 1 is 1.38 bits per heavy atom. The molecule has 2 aliphatic heterocycles. The molecule has 0 saturated carbocycles. The number of thiophene rings is 1. The summed E-state index contributed by atoms with van der Waals surface area (Å²) in [4.78, 5) is 23.8. The fourth-order valence-corrected chi connectivity index (χ4v) is 6.09. The molecule has 2 bridgehead atoms. The number of ether oxygens (including phenoxy) is 2. The van der Waals surface area contributed by atoms with E-state index in [2.05, 4.69) is 15.3 Å². The van der Waals surface area contributed by atoms with E-state index in [-0.39, 0.29) is 11.4 Å². The van der Waals surface area contributed by atoms with E-state index in [4.69, 9.17) is 9.47 Å². The molecule has 0 spiro atoms. The van der Waals surface area contributed by atoms with Crippen molar-refractivity contribution < 1.29 is 14.3 Å².